The quantitative estimate of drug-likeness (QED) is 0.753. The lowest BCUT2D eigenvalue weighted by Gasteiger charge is -2.33. The Morgan fingerprint density at radius 3 is 2.53 bits per heavy atom. The average Bonchev–Trinajstić information content (AvgIpc) is 2.41. The Morgan fingerprint density at radius 2 is 1.95 bits per heavy atom. The summed E-state index contributed by atoms with van der Waals surface area (Å²) in [5.74, 6) is 0.0282. The number of anilines is 1. The van der Waals surface area contributed by atoms with Gasteiger partial charge in [-0.2, -0.15) is 0 Å². The van der Waals surface area contributed by atoms with E-state index in [0.717, 1.165) is 26.2 Å². The first-order chi connectivity index (χ1) is 9.02. The van der Waals surface area contributed by atoms with E-state index in [1.807, 2.05) is 0 Å². The van der Waals surface area contributed by atoms with Crippen LogP contribution in [0.1, 0.15) is 10.5 Å². The summed E-state index contributed by atoms with van der Waals surface area (Å²) in [6.45, 7) is 3.53. The summed E-state index contributed by atoms with van der Waals surface area (Å²) in [5, 5.41) is 0.216. The molecule has 1 aliphatic rings. The monoisotopic (exact) mass is 348 g/mol. The number of hydrogen-bond donors (Lipinski definition) is 0. The van der Waals surface area contributed by atoms with E-state index in [4.69, 9.17) is 11.6 Å². The maximum absolute atomic E-state index is 11.5. The van der Waals surface area contributed by atoms with E-state index in [-0.39, 0.29) is 10.8 Å². The molecule has 19 heavy (non-hydrogen) atoms. The molecule has 2 heterocycles. The standard InChI is InChI=1S/C11H14BrClN4O2/c1-16-3-5-17(6-4-16)10-9(13)14-7(8(12)15-10)11(18)19-2/h3-6H2,1-2H3. The van der Waals surface area contributed by atoms with Crippen LogP contribution in [0.4, 0.5) is 5.82 Å². The molecule has 0 saturated carbocycles. The highest BCUT2D eigenvalue weighted by atomic mass is 79.9. The summed E-state index contributed by atoms with van der Waals surface area (Å²) in [6, 6.07) is 0. The van der Waals surface area contributed by atoms with Gasteiger partial charge in [0.25, 0.3) is 0 Å². The van der Waals surface area contributed by atoms with E-state index >= 15 is 0 Å². The van der Waals surface area contributed by atoms with E-state index in [1.165, 1.54) is 7.11 Å². The molecule has 0 atom stereocenters. The third kappa shape index (κ3) is 3.16. The van der Waals surface area contributed by atoms with Crippen molar-refractivity contribution in [1.29, 1.82) is 0 Å². The average molecular weight is 350 g/mol. The van der Waals surface area contributed by atoms with Gasteiger partial charge in [-0.15, -0.1) is 0 Å². The fraction of sp³-hybridized carbons (Fsp3) is 0.545. The second-order valence-electron chi connectivity index (χ2n) is 4.26. The Labute approximate surface area is 124 Å². The first-order valence-corrected chi connectivity index (χ1v) is 6.95. The molecule has 1 fully saturated rings. The number of aromatic nitrogens is 2. The van der Waals surface area contributed by atoms with Crippen LogP contribution in [0.5, 0.6) is 0 Å². The molecule has 104 valence electrons. The van der Waals surface area contributed by atoms with E-state index < -0.39 is 5.97 Å². The summed E-state index contributed by atoms with van der Waals surface area (Å²) < 4.78 is 4.97. The molecule has 1 aromatic heterocycles. The molecule has 6 nitrogen and oxygen atoms in total. The SMILES string of the molecule is COC(=O)c1nc(Cl)c(N2CCN(C)CC2)nc1Br. The molecule has 0 N–H and O–H groups in total. The first-order valence-electron chi connectivity index (χ1n) is 5.77. The van der Waals surface area contributed by atoms with Crippen molar-refractivity contribution in [2.24, 2.45) is 0 Å². The number of methoxy groups -OCH3 is 1. The van der Waals surface area contributed by atoms with Gasteiger partial charge in [-0.1, -0.05) is 11.6 Å². The van der Waals surface area contributed by atoms with Gasteiger partial charge in [0.05, 0.1) is 7.11 Å². The highest BCUT2D eigenvalue weighted by molar-refractivity contribution is 9.10. The number of ether oxygens (including phenoxy) is 1. The van der Waals surface area contributed by atoms with E-state index in [0.29, 0.717) is 10.4 Å². The highest BCUT2D eigenvalue weighted by Gasteiger charge is 2.23. The molecular weight excluding hydrogens is 336 g/mol. The molecule has 8 heteroatoms. The zero-order valence-corrected chi connectivity index (χ0v) is 13.0. The van der Waals surface area contributed by atoms with Crippen LogP contribution in [0.3, 0.4) is 0 Å². The number of carbonyl (C=O) groups excluding carboxylic acids is 1. The molecule has 0 amide bonds. The summed E-state index contributed by atoms with van der Waals surface area (Å²) in [6.07, 6.45) is 0. The molecule has 2 rings (SSSR count). The molecule has 0 aromatic carbocycles. The third-order valence-electron chi connectivity index (χ3n) is 2.98. The predicted molar refractivity (Wildman–Crippen MR) is 75.8 cm³/mol. The summed E-state index contributed by atoms with van der Waals surface area (Å²) in [7, 11) is 3.36. The van der Waals surface area contributed by atoms with Gasteiger partial charge in [0, 0.05) is 26.2 Å². The van der Waals surface area contributed by atoms with E-state index in [1.54, 1.807) is 0 Å². The molecule has 1 saturated heterocycles. The Balaban J connectivity index is 2.28. The summed E-state index contributed by atoms with van der Waals surface area (Å²) in [4.78, 5) is 24.2. The van der Waals surface area contributed by atoms with Crippen molar-refractivity contribution < 1.29 is 9.53 Å². The Hall–Kier alpha value is -0.920. The van der Waals surface area contributed by atoms with Crippen molar-refractivity contribution in [3.8, 4) is 0 Å². The van der Waals surface area contributed by atoms with Crippen molar-refractivity contribution >= 4 is 39.3 Å². The van der Waals surface area contributed by atoms with Crippen molar-refractivity contribution in [3.05, 3.63) is 15.5 Å². The lowest BCUT2D eigenvalue weighted by Crippen LogP contribution is -2.45. The van der Waals surface area contributed by atoms with Gasteiger partial charge in [0.1, 0.15) is 4.60 Å². The lowest BCUT2D eigenvalue weighted by molar-refractivity contribution is 0.0592. The van der Waals surface area contributed by atoms with E-state index in [2.05, 4.69) is 47.5 Å². The van der Waals surface area contributed by atoms with Gasteiger partial charge in [-0.25, -0.2) is 14.8 Å². The molecule has 1 aliphatic heterocycles. The zero-order valence-electron chi connectivity index (χ0n) is 10.7. The smallest absolute Gasteiger partial charge is 0.359 e. The second kappa shape index (κ2) is 6.02. The number of hydrogen-bond acceptors (Lipinski definition) is 6. The van der Waals surface area contributed by atoms with Crippen molar-refractivity contribution in [2.75, 3.05) is 45.2 Å². The number of carbonyl (C=O) groups is 1. The van der Waals surface area contributed by atoms with Crippen LogP contribution in [0.15, 0.2) is 4.60 Å². The fourth-order valence-electron chi connectivity index (χ4n) is 1.83. The van der Waals surface area contributed by atoms with Crippen LogP contribution in [0, 0.1) is 0 Å². The number of nitrogens with zero attached hydrogens (tertiary/aromatic N) is 4. The number of piperazine rings is 1. The number of esters is 1. The summed E-state index contributed by atoms with van der Waals surface area (Å²) >= 11 is 9.35. The van der Waals surface area contributed by atoms with Gasteiger partial charge < -0.3 is 14.5 Å². The Bertz CT molecular complexity index is 492. The normalized spacial score (nSPS) is 16.5. The van der Waals surface area contributed by atoms with Crippen LogP contribution in [0.2, 0.25) is 5.15 Å². The highest BCUT2D eigenvalue weighted by Crippen LogP contribution is 2.26. The maximum atomic E-state index is 11.5. The minimum Gasteiger partial charge on any atom is -0.464 e. The minimum atomic E-state index is -0.564. The molecular formula is C11H14BrClN4O2. The van der Waals surface area contributed by atoms with E-state index in [9.17, 15) is 4.79 Å². The minimum absolute atomic E-state index is 0.0883. The van der Waals surface area contributed by atoms with Crippen LogP contribution >= 0.6 is 27.5 Å². The third-order valence-corrected chi connectivity index (χ3v) is 3.78. The van der Waals surface area contributed by atoms with Gasteiger partial charge in [-0.3, -0.25) is 0 Å². The van der Waals surface area contributed by atoms with Crippen molar-refractivity contribution in [1.82, 2.24) is 14.9 Å². The second-order valence-corrected chi connectivity index (χ2v) is 5.37. The number of rotatable bonds is 2. The molecule has 0 bridgehead atoms. The van der Waals surface area contributed by atoms with Crippen molar-refractivity contribution in [2.45, 2.75) is 0 Å². The number of halogens is 2. The van der Waals surface area contributed by atoms with Gasteiger partial charge in [-0.05, 0) is 23.0 Å². The molecule has 0 spiro atoms. The molecule has 0 radical (unpaired) electrons. The lowest BCUT2D eigenvalue weighted by atomic mass is 10.3. The van der Waals surface area contributed by atoms with Crippen LogP contribution < -0.4 is 4.90 Å². The van der Waals surface area contributed by atoms with Crippen LogP contribution in [-0.4, -0.2) is 61.2 Å². The Kier molecular flexibility index (Phi) is 4.59. The summed E-state index contributed by atoms with van der Waals surface area (Å²) in [5.41, 5.74) is 0.0883. The van der Waals surface area contributed by atoms with Crippen LogP contribution in [-0.2, 0) is 4.74 Å². The molecule has 0 aliphatic carbocycles. The molecule has 0 unspecified atom stereocenters. The van der Waals surface area contributed by atoms with Gasteiger partial charge in [0.15, 0.2) is 16.7 Å². The van der Waals surface area contributed by atoms with Gasteiger partial charge in [0.2, 0.25) is 0 Å². The topological polar surface area (TPSA) is 58.6 Å². The zero-order chi connectivity index (χ0) is 14.0. The maximum Gasteiger partial charge on any atom is 0.359 e. The Morgan fingerprint density at radius 1 is 1.32 bits per heavy atom. The van der Waals surface area contributed by atoms with Gasteiger partial charge >= 0.3 is 5.97 Å². The predicted octanol–water partition coefficient (Wildman–Crippen LogP) is 1.43. The largest absolute Gasteiger partial charge is 0.464 e. The first kappa shape index (κ1) is 14.5. The molecule has 1 aromatic rings. The number of likely N-dealkylation sites (N-methyl/N-ethyl adjacent to an activating group) is 1. The fourth-order valence-corrected chi connectivity index (χ4v) is 2.50. The van der Waals surface area contributed by atoms with Crippen molar-refractivity contribution in [3.63, 3.8) is 0 Å². The van der Waals surface area contributed by atoms with Crippen LogP contribution in [0.25, 0.3) is 0 Å².